The van der Waals surface area contributed by atoms with E-state index in [1.54, 1.807) is 13.3 Å². The predicted octanol–water partition coefficient (Wildman–Crippen LogP) is 3.68. The monoisotopic (exact) mass is 345 g/mol. The van der Waals surface area contributed by atoms with Gasteiger partial charge in [0.25, 0.3) is 0 Å². The van der Waals surface area contributed by atoms with Crippen LogP contribution in [0.2, 0.25) is 0 Å². The molecule has 2 aromatic rings. The average Bonchev–Trinajstić information content (AvgIpc) is 2.65. The summed E-state index contributed by atoms with van der Waals surface area (Å²) in [7, 11) is 1.72. The van der Waals surface area contributed by atoms with Crippen molar-refractivity contribution in [2.24, 2.45) is 5.84 Å². The van der Waals surface area contributed by atoms with E-state index in [9.17, 15) is 4.39 Å². The second-order valence-electron chi connectivity index (χ2n) is 6.45. The molecule has 1 saturated carbocycles. The van der Waals surface area contributed by atoms with Gasteiger partial charge in [-0.15, -0.1) is 0 Å². The molecule has 5 nitrogen and oxygen atoms in total. The molecule has 6 heteroatoms. The fourth-order valence-corrected chi connectivity index (χ4v) is 3.51. The summed E-state index contributed by atoms with van der Waals surface area (Å²) in [6.07, 6.45) is 5.16. The van der Waals surface area contributed by atoms with Gasteiger partial charge in [0.1, 0.15) is 17.4 Å². The van der Waals surface area contributed by atoms with Gasteiger partial charge in [-0.25, -0.2) is 15.2 Å². The standard InChI is InChI=1S/C19H24FN3O2/c1-13-17(9-12-22-18(13)23-21)25-16-7-10-19(24-2,11-8-16)14-3-5-15(20)6-4-14/h3-6,9,12,16H,7-8,10-11,21H2,1-2H3,(H,22,23). The van der Waals surface area contributed by atoms with E-state index in [1.165, 1.54) is 12.1 Å². The minimum Gasteiger partial charge on any atom is -0.490 e. The van der Waals surface area contributed by atoms with Crippen LogP contribution < -0.4 is 16.0 Å². The van der Waals surface area contributed by atoms with Gasteiger partial charge in [-0.2, -0.15) is 0 Å². The zero-order chi connectivity index (χ0) is 17.9. The lowest BCUT2D eigenvalue weighted by Crippen LogP contribution is -2.37. The molecule has 0 aliphatic heterocycles. The van der Waals surface area contributed by atoms with E-state index in [4.69, 9.17) is 15.3 Å². The van der Waals surface area contributed by atoms with Crippen molar-refractivity contribution in [2.45, 2.75) is 44.3 Å². The van der Waals surface area contributed by atoms with Crippen molar-refractivity contribution >= 4 is 5.82 Å². The molecule has 3 rings (SSSR count). The van der Waals surface area contributed by atoms with E-state index in [-0.39, 0.29) is 17.5 Å². The van der Waals surface area contributed by atoms with Crippen LogP contribution >= 0.6 is 0 Å². The normalized spacial score (nSPS) is 23.3. The molecule has 1 aliphatic rings. The van der Waals surface area contributed by atoms with Gasteiger partial charge < -0.3 is 14.9 Å². The van der Waals surface area contributed by atoms with Gasteiger partial charge in [-0.05, 0) is 56.4 Å². The van der Waals surface area contributed by atoms with Crippen LogP contribution in [0.5, 0.6) is 5.75 Å². The lowest BCUT2D eigenvalue weighted by atomic mass is 9.78. The number of aromatic nitrogens is 1. The van der Waals surface area contributed by atoms with Crippen LogP contribution in [0.4, 0.5) is 10.2 Å². The number of anilines is 1. The van der Waals surface area contributed by atoms with Gasteiger partial charge in [0.05, 0.1) is 11.7 Å². The van der Waals surface area contributed by atoms with E-state index in [0.717, 1.165) is 42.6 Å². The van der Waals surface area contributed by atoms with Gasteiger partial charge in [0.15, 0.2) is 0 Å². The highest BCUT2D eigenvalue weighted by Crippen LogP contribution is 2.41. The SMILES string of the molecule is COC1(c2ccc(F)cc2)CCC(Oc2ccnc(NN)c2C)CC1. The summed E-state index contributed by atoms with van der Waals surface area (Å²) in [5.41, 5.74) is 4.12. The molecule has 1 heterocycles. The lowest BCUT2D eigenvalue weighted by molar-refractivity contribution is -0.0650. The van der Waals surface area contributed by atoms with Gasteiger partial charge in [0, 0.05) is 18.9 Å². The average molecular weight is 345 g/mol. The molecule has 0 saturated heterocycles. The van der Waals surface area contributed by atoms with E-state index in [2.05, 4.69) is 10.4 Å². The van der Waals surface area contributed by atoms with Crippen molar-refractivity contribution in [1.82, 2.24) is 4.98 Å². The predicted molar refractivity (Wildman–Crippen MR) is 94.8 cm³/mol. The number of benzene rings is 1. The van der Waals surface area contributed by atoms with Gasteiger partial charge in [-0.1, -0.05) is 12.1 Å². The zero-order valence-corrected chi connectivity index (χ0v) is 14.6. The summed E-state index contributed by atoms with van der Waals surface area (Å²) in [6, 6.07) is 8.45. The number of hydrogen-bond acceptors (Lipinski definition) is 5. The van der Waals surface area contributed by atoms with Crippen LogP contribution in [0, 0.1) is 12.7 Å². The molecule has 0 spiro atoms. The Labute approximate surface area is 147 Å². The number of pyridine rings is 1. The largest absolute Gasteiger partial charge is 0.490 e. The minimum atomic E-state index is -0.370. The molecule has 1 aliphatic carbocycles. The Bertz CT molecular complexity index is 713. The molecular formula is C19H24FN3O2. The van der Waals surface area contributed by atoms with E-state index in [0.29, 0.717) is 5.82 Å². The molecular weight excluding hydrogens is 321 g/mol. The highest BCUT2D eigenvalue weighted by Gasteiger charge is 2.37. The molecule has 0 radical (unpaired) electrons. The topological polar surface area (TPSA) is 69.4 Å². The van der Waals surface area contributed by atoms with Crippen LogP contribution in [0.15, 0.2) is 36.5 Å². The summed E-state index contributed by atoms with van der Waals surface area (Å²) in [5, 5.41) is 0. The van der Waals surface area contributed by atoms with E-state index >= 15 is 0 Å². The fourth-order valence-electron chi connectivity index (χ4n) is 3.51. The van der Waals surface area contributed by atoms with E-state index < -0.39 is 0 Å². The first-order valence-corrected chi connectivity index (χ1v) is 8.48. The van der Waals surface area contributed by atoms with Crippen molar-refractivity contribution in [2.75, 3.05) is 12.5 Å². The lowest BCUT2D eigenvalue weighted by Gasteiger charge is -2.39. The number of hydrazine groups is 1. The number of nitrogens with zero attached hydrogens (tertiary/aromatic N) is 1. The first-order valence-electron chi connectivity index (χ1n) is 8.48. The Kier molecular flexibility index (Phi) is 5.20. The molecule has 0 bridgehead atoms. The number of ether oxygens (including phenoxy) is 2. The first-order chi connectivity index (χ1) is 12.1. The smallest absolute Gasteiger partial charge is 0.146 e. The number of nitrogens with one attached hydrogen (secondary N) is 1. The van der Waals surface area contributed by atoms with Gasteiger partial charge in [0.2, 0.25) is 0 Å². The Morgan fingerprint density at radius 3 is 2.48 bits per heavy atom. The first kappa shape index (κ1) is 17.6. The summed E-state index contributed by atoms with van der Waals surface area (Å²) in [4.78, 5) is 4.17. The van der Waals surface area contributed by atoms with Crippen LogP contribution in [0.3, 0.4) is 0 Å². The molecule has 1 fully saturated rings. The van der Waals surface area contributed by atoms with Crippen LogP contribution in [-0.4, -0.2) is 18.2 Å². The van der Waals surface area contributed by atoms with Crippen molar-refractivity contribution in [3.05, 3.63) is 53.5 Å². The quantitative estimate of drug-likeness (QED) is 0.639. The molecule has 1 aromatic carbocycles. The Hall–Kier alpha value is -2.18. The summed E-state index contributed by atoms with van der Waals surface area (Å²) in [6.45, 7) is 1.93. The summed E-state index contributed by atoms with van der Waals surface area (Å²) in [5.74, 6) is 6.65. The number of methoxy groups -OCH3 is 1. The maximum absolute atomic E-state index is 13.2. The maximum Gasteiger partial charge on any atom is 0.146 e. The van der Waals surface area contributed by atoms with Crippen molar-refractivity contribution < 1.29 is 13.9 Å². The van der Waals surface area contributed by atoms with Gasteiger partial charge in [-0.3, -0.25) is 0 Å². The number of halogens is 1. The number of hydrogen-bond donors (Lipinski definition) is 2. The minimum absolute atomic E-state index is 0.107. The Balaban J connectivity index is 1.69. The second-order valence-corrected chi connectivity index (χ2v) is 6.45. The number of nitrogen functional groups attached to an aromatic ring is 1. The van der Waals surface area contributed by atoms with Crippen molar-refractivity contribution in [1.29, 1.82) is 0 Å². The van der Waals surface area contributed by atoms with Crippen LogP contribution in [-0.2, 0) is 10.3 Å². The Morgan fingerprint density at radius 1 is 1.20 bits per heavy atom. The molecule has 0 amide bonds. The van der Waals surface area contributed by atoms with Crippen LogP contribution in [0.1, 0.15) is 36.8 Å². The number of nitrogens with two attached hydrogens (primary N) is 1. The van der Waals surface area contributed by atoms with Crippen molar-refractivity contribution in [3.8, 4) is 5.75 Å². The zero-order valence-electron chi connectivity index (χ0n) is 14.6. The molecule has 0 atom stereocenters. The molecule has 134 valence electrons. The molecule has 3 N–H and O–H groups in total. The van der Waals surface area contributed by atoms with E-state index in [1.807, 2.05) is 25.1 Å². The highest BCUT2D eigenvalue weighted by atomic mass is 19.1. The van der Waals surface area contributed by atoms with Gasteiger partial charge >= 0.3 is 0 Å². The third-order valence-electron chi connectivity index (χ3n) is 5.09. The van der Waals surface area contributed by atoms with Crippen molar-refractivity contribution in [3.63, 3.8) is 0 Å². The number of rotatable bonds is 5. The third-order valence-corrected chi connectivity index (χ3v) is 5.09. The highest BCUT2D eigenvalue weighted by molar-refractivity contribution is 5.49. The fraction of sp³-hybridized carbons (Fsp3) is 0.421. The molecule has 0 unspecified atom stereocenters. The molecule has 25 heavy (non-hydrogen) atoms. The van der Waals surface area contributed by atoms with Crippen LogP contribution in [0.25, 0.3) is 0 Å². The maximum atomic E-state index is 13.2. The third kappa shape index (κ3) is 3.60. The molecule has 1 aromatic heterocycles. The summed E-state index contributed by atoms with van der Waals surface area (Å²) < 4.78 is 25.2. The summed E-state index contributed by atoms with van der Waals surface area (Å²) >= 11 is 0. The Morgan fingerprint density at radius 2 is 1.88 bits per heavy atom. The second kappa shape index (κ2) is 7.37.